The first-order valence-electron chi connectivity index (χ1n) is 12.5. The maximum atomic E-state index is 12.3. The molecule has 0 bridgehead atoms. The molecular formula is C28H35Cl3O8S. The Labute approximate surface area is 251 Å². The second-order valence-electron chi connectivity index (χ2n) is 10.0. The van der Waals surface area contributed by atoms with Crippen LogP contribution < -0.4 is 9.47 Å². The summed E-state index contributed by atoms with van der Waals surface area (Å²) < 4.78 is 46.4. The molecule has 0 aliphatic carbocycles. The molecule has 0 aliphatic rings. The van der Waals surface area contributed by atoms with Crippen molar-refractivity contribution in [3.05, 3.63) is 57.6 Å². The lowest BCUT2D eigenvalue weighted by atomic mass is 9.78. The molecular weight excluding hydrogens is 603 g/mol. The van der Waals surface area contributed by atoms with Crippen LogP contribution in [-0.4, -0.2) is 62.7 Å². The van der Waals surface area contributed by atoms with E-state index in [2.05, 4.69) is 0 Å². The molecule has 12 heteroatoms. The van der Waals surface area contributed by atoms with Gasteiger partial charge < -0.3 is 18.9 Å². The van der Waals surface area contributed by atoms with Gasteiger partial charge in [-0.2, -0.15) is 0 Å². The maximum Gasteiger partial charge on any atom is 0.303 e. The van der Waals surface area contributed by atoms with E-state index in [1.54, 1.807) is 38.1 Å². The van der Waals surface area contributed by atoms with Crippen LogP contribution in [0.15, 0.2) is 36.4 Å². The summed E-state index contributed by atoms with van der Waals surface area (Å²) in [5.74, 6) is -0.575. The number of alkyl halides is 1. The van der Waals surface area contributed by atoms with Gasteiger partial charge in [-0.15, -0.1) is 11.6 Å². The number of hydrogen-bond donors (Lipinski definition) is 0. The zero-order valence-corrected chi connectivity index (χ0v) is 26.4. The molecule has 2 atom stereocenters. The number of hydrogen-bond acceptors (Lipinski definition) is 8. The minimum atomic E-state index is -3.44. The van der Waals surface area contributed by atoms with Crippen molar-refractivity contribution in [2.45, 2.75) is 64.4 Å². The monoisotopic (exact) mass is 636 g/mol. The van der Waals surface area contributed by atoms with Gasteiger partial charge in [0.2, 0.25) is 0 Å². The van der Waals surface area contributed by atoms with E-state index in [0.717, 1.165) is 11.1 Å². The van der Waals surface area contributed by atoms with Crippen LogP contribution in [-0.2, 0) is 34.3 Å². The van der Waals surface area contributed by atoms with Gasteiger partial charge in [-0.05, 0) is 49.2 Å². The molecule has 2 rings (SSSR count). The van der Waals surface area contributed by atoms with Gasteiger partial charge in [-0.25, -0.2) is 8.42 Å². The number of sulfone groups is 1. The van der Waals surface area contributed by atoms with E-state index in [0.29, 0.717) is 15.8 Å². The van der Waals surface area contributed by atoms with Gasteiger partial charge in [-0.3, -0.25) is 9.59 Å². The first-order chi connectivity index (χ1) is 18.6. The highest BCUT2D eigenvalue weighted by atomic mass is 35.5. The van der Waals surface area contributed by atoms with Crippen LogP contribution in [0.4, 0.5) is 0 Å². The summed E-state index contributed by atoms with van der Waals surface area (Å²) in [5.41, 5.74) is 1.23. The van der Waals surface area contributed by atoms with Gasteiger partial charge in [0.25, 0.3) is 0 Å². The van der Waals surface area contributed by atoms with E-state index < -0.39 is 44.6 Å². The number of halogens is 3. The fourth-order valence-electron chi connectivity index (χ4n) is 3.71. The third-order valence-electron chi connectivity index (χ3n) is 6.12. The maximum absolute atomic E-state index is 12.3. The lowest BCUT2D eigenvalue weighted by Gasteiger charge is -2.27. The van der Waals surface area contributed by atoms with Crippen molar-refractivity contribution in [1.29, 1.82) is 0 Å². The van der Waals surface area contributed by atoms with Crippen molar-refractivity contribution in [3.8, 4) is 11.5 Å². The predicted octanol–water partition coefficient (Wildman–Crippen LogP) is 6.00. The highest BCUT2D eigenvalue weighted by Crippen LogP contribution is 2.40. The van der Waals surface area contributed by atoms with E-state index in [4.69, 9.17) is 53.8 Å². The number of esters is 2. The molecule has 0 spiro atoms. The largest absolute Gasteiger partial charge is 0.490 e. The van der Waals surface area contributed by atoms with E-state index in [1.807, 2.05) is 26.0 Å². The van der Waals surface area contributed by atoms with Crippen molar-refractivity contribution in [3.63, 3.8) is 0 Å². The molecule has 0 saturated carbocycles. The SMILES string of the molecule is CC(=O)O[C@H](CCl)COc1c(Cl)cc(C(C)(C)c2ccc(OC[C@@H](CS(=O)(=O)C(C)C)OC(C)=O)cc2)cc1Cl. The molecule has 0 unspecified atom stereocenters. The van der Waals surface area contributed by atoms with Crippen LogP contribution in [0.3, 0.4) is 0 Å². The summed E-state index contributed by atoms with van der Waals surface area (Å²) in [6, 6.07) is 10.8. The van der Waals surface area contributed by atoms with Crippen LogP contribution in [0, 0.1) is 0 Å². The van der Waals surface area contributed by atoms with Gasteiger partial charge in [0.15, 0.2) is 15.6 Å². The van der Waals surface area contributed by atoms with Crippen molar-refractivity contribution < 1.29 is 37.0 Å². The first kappa shape index (κ1) is 34.0. The Kier molecular flexibility index (Phi) is 12.4. The molecule has 40 heavy (non-hydrogen) atoms. The number of ether oxygens (including phenoxy) is 4. The summed E-state index contributed by atoms with van der Waals surface area (Å²) in [6.45, 7) is 9.55. The Morgan fingerprint density at radius 1 is 0.850 bits per heavy atom. The summed E-state index contributed by atoms with van der Waals surface area (Å²) >= 11 is 18.9. The van der Waals surface area contributed by atoms with E-state index in [9.17, 15) is 18.0 Å². The molecule has 0 N–H and O–H groups in total. The van der Waals surface area contributed by atoms with Crippen LogP contribution in [0.2, 0.25) is 10.0 Å². The molecule has 0 radical (unpaired) electrons. The van der Waals surface area contributed by atoms with Gasteiger partial charge >= 0.3 is 11.9 Å². The Morgan fingerprint density at radius 2 is 1.35 bits per heavy atom. The fraction of sp³-hybridized carbons (Fsp3) is 0.500. The molecule has 0 saturated heterocycles. The topological polar surface area (TPSA) is 105 Å². The van der Waals surface area contributed by atoms with Crippen LogP contribution in [0.25, 0.3) is 0 Å². The second-order valence-corrected chi connectivity index (χ2v) is 13.8. The van der Waals surface area contributed by atoms with Crippen molar-refractivity contribution in [1.82, 2.24) is 0 Å². The first-order valence-corrected chi connectivity index (χ1v) is 15.5. The Balaban J connectivity index is 2.16. The highest BCUT2D eigenvalue weighted by molar-refractivity contribution is 7.92. The zero-order chi connectivity index (χ0) is 30.3. The number of rotatable bonds is 14. The van der Waals surface area contributed by atoms with Gasteiger partial charge in [0.1, 0.15) is 31.2 Å². The third-order valence-corrected chi connectivity index (χ3v) is 9.30. The third kappa shape index (κ3) is 9.72. The molecule has 0 amide bonds. The summed E-state index contributed by atoms with van der Waals surface area (Å²) in [5, 5.41) is -0.0166. The Hall–Kier alpha value is -2.20. The summed E-state index contributed by atoms with van der Waals surface area (Å²) in [4.78, 5) is 22.7. The lowest BCUT2D eigenvalue weighted by molar-refractivity contribution is -0.147. The van der Waals surface area contributed by atoms with E-state index in [1.165, 1.54) is 13.8 Å². The summed E-state index contributed by atoms with van der Waals surface area (Å²) in [6.07, 6.45) is -1.58. The van der Waals surface area contributed by atoms with Crippen LogP contribution in [0.1, 0.15) is 52.7 Å². The molecule has 0 fully saturated rings. The average Bonchev–Trinajstić information content (AvgIpc) is 2.85. The van der Waals surface area contributed by atoms with E-state index in [-0.39, 0.29) is 30.6 Å². The lowest BCUT2D eigenvalue weighted by Crippen LogP contribution is -2.34. The minimum Gasteiger partial charge on any atom is -0.490 e. The predicted molar refractivity (Wildman–Crippen MR) is 157 cm³/mol. The van der Waals surface area contributed by atoms with Gasteiger partial charge in [0, 0.05) is 19.3 Å². The van der Waals surface area contributed by atoms with Crippen molar-refractivity contribution in [2.75, 3.05) is 24.8 Å². The summed E-state index contributed by atoms with van der Waals surface area (Å²) in [7, 11) is -3.44. The van der Waals surface area contributed by atoms with Crippen LogP contribution in [0.5, 0.6) is 11.5 Å². The molecule has 0 heterocycles. The quantitative estimate of drug-likeness (QED) is 0.183. The standard InChI is InChI=1S/C28H35Cl3O8S/c1-17(2)40(34,35)16-24(39-19(4)33)15-36-22-9-7-20(8-10-22)28(5,6)21-11-25(30)27(26(31)12-21)37-14-23(13-29)38-18(3)32/h7-12,17,23-24H,13-16H2,1-6H3/t23-,24+/m1/s1. The Morgan fingerprint density at radius 3 is 1.82 bits per heavy atom. The van der Waals surface area contributed by atoms with Gasteiger partial charge in [-0.1, -0.05) is 49.2 Å². The highest BCUT2D eigenvalue weighted by Gasteiger charge is 2.27. The molecule has 0 aromatic heterocycles. The van der Waals surface area contributed by atoms with Crippen molar-refractivity contribution in [2.24, 2.45) is 0 Å². The number of benzene rings is 2. The van der Waals surface area contributed by atoms with Crippen molar-refractivity contribution >= 4 is 56.6 Å². The van der Waals surface area contributed by atoms with E-state index >= 15 is 0 Å². The van der Waals surface area contributed by atoms with Gasteiger partial charge in [0.05, 0.1) is 26.9 Å². The molecule has 2 aromatic rings. The number of carbonyl (C=O) groups excluding carboxylic acids is 2. The minimum absolute atomic E-state index is 0.00552. The molecule has 2 aromatic carbocycles. The Bertz CT molecular complexity index is 1250. The van der Waals surface area contributed by atoms with Crippen LogP contribution >= 0.6 is 34.8 Å². The second kappa shape index (κ2) is 14.6. The molecule has 8 nitrogen and oxygen atoms in total. The molecule has 0 aliphatic heterocycles. The fourth-order valence-corrected chi connectivity index (χ4v) is 5.52. The molecule has 222 valence electrons. The smallest absolute Gasteiger partial charge is 0.303 e. The normalized spacial score (nSPS) is 13.4. The zero-order valence-electron chi connectivity index (χ0n) is 23.3. The number of carbonyl (C=O) groups is 2. The average molecular weight is 638 g/mol.